The fourth-order valence-corrected chi connectivity index (χ4v) is 3.31. The molecule has 0 saturated heterocycles. The van der Waals surface area contributed by atoms with Gasteiger partial charge in [-0.05, 0) is 24.3 Å². The Morgan fingerprint density at radius 2 is 2.03 bits per heavy atom. The van der Waals surface area contributed by atoms with Crippen molar-refractivity contribution in [3.05, 3.63) is 64.2 Å². The molecule has 156 valence electrons. The number of nitro benzene ring substituents is 1. The van der Waals surface area contributed by atoms with E-state index in [4.69, 9.17) is 4.74 Å². The Labute approximate surface area is 180 Å². The van der Waals surface area contributed by atoms with Crippen molar-refractivity contribution in [2.45, 2.75) is 0 Å². The van der Waals surface area contributed by atoms with Crippen molar-refractivity contribution in [2.24, 2.45) is 15.9 Å². The van der Waals surface area contributed by atoms with Crippen molar-refractivity contribution in [3.63, 3.8) is 0 Å². The first-order chi connectivity index (χ1) is 14.9. The number of nitriles is 1. The molecule has 10 nitrogen and oxygen atoms in total. The Morgan fingerprint density at radius 1 is 1.29 bits per heavy atom. The molecule has 0 spiro atoms. The number of nitrogens with zero attached hydrogens (tertiary/aromatic N) is 4. The molecule has 0 aliphatic carbocycles. The zero-order valence-electron chi connectivity index (χ0n) is 16.1. The summed E-state index contributed by atoms with van der Waals surface area (Å²) in [6.45, 7) is 0. The minimum absolute atomic E-state index is 0.0631. The second kappa shape index (κ2) is 9.64. The molecule has 1 heterocycles. The van der Waals surface area contributed by atoms with E-state index in [1.807, 2.05) is 6.07 Å². The largest absolute Gasteiger partial charge is 0.497 e. The fourth-order valence-electron chi connectivity index (χ4n) is 2.66. The minimum Gasteiger partial charge on any atom is -0.497 e. The topological polar surface area (TPSA) is 147 Å². The quantitative estimate of drug-likeness (QED) is 0.540. The maximum atomic E-state index is 12.3. The van der Waals surface area contributed by atoms with Gasteiger partial charge in [-0.15, -0.1) is 0 Å². The normalized spacial score (nSPS) is 15.4. The number of benzene rings is 2. The first-order valence-electron chi connectivity index (χ1n) is 8.83. The number of ether oxygens (including phenoxy) is 1. The summed E-state index contributed by atoms with van der Waals surface area (Å²) in [4.78, 5) is 42.8. The Bertz CT molecular complexity index is 1140. The van der Waals surface area contributed by atoms with Crippen LogP contribution in [0, 0.1) is 27.4 Å². The number of nitrogens with one attached hydrogen (secondary N) is 1. The van der Waals surface area contributed by atoms with Crippen LogP contribution in [0.3, 0.4) is 0 Å². The second-order valence-electron chi connectivity index (χ2n) is 6.16. The summed E-state index contributed by atoms with van der Waals surface area (Å²) in [5, 5.41) is 22.7. The molecule has 0 fully saturated rings. The summed E-state index contributed by atoms with van der Waals surface area (Å²) in [5.41, 5.74) is 1.08. The minimum atomic E-state index is -1.15. The highest BCUT2D eigenvalue weighted by Crippen LogP contribution is 2.23. The SMILES string of the molecule is COc1cccc(C2=NC(SCC(=O)Nc3ccc([N+](=O)[O-])cc3)=NC(=O)C2C#N)c1. The summed E-state index contributed by atoms with van der Waals surface area (Å²) >= 11 is 0.938. The number of nitro groups is 1. The van der Waals surface area contributed by atoms with Gasteiger partial charge in [0, 0.05) is 23.4 Å². The van der Waals surface area contributed by atoms with Crippen LogP contribution in [-0.2, 0) is 9.59 Å². The molecule has 1 unspecified atom stereocenters. The van der Waals surface area contributed by atoms with E-state index < -0.39 is 22.7 Å². The van der Waals surface area contributed by atoms with Crippen LogP contribution < -0.4 is 10.1 Å². The molecule has 1 aliphatic heterocycles. The van der Waals surface area contributed by atoms with Crippen LogP contribution in [0.25, 0.3) is 0 Å². The van der Waals surface area contributed by atoms with Crippen molar-refractivity contribution in [1.29, 1.82) is 5.26 Å². The van der Waals surface area contributed by atoms with E-state index >= 15 is 0 Å². The van der Waals surface area contributed by atoms with Gasteiger partial charge in [-0.3, -0.25) is 19.7 Å². The van der Waals surface area contributed by atoms with Crippen LogP contribution >= 0.6 is 11.8 Å². The zero-order valence-corrected chi connectivity index (χ0v) is 17.0. The molecular formula is C20H15N5O5S. The third-order valence-corrected chi connectivity index (χ3v) is 4.98. The summed E-state index contributed by atoms with van der Waals surface area (Å²) < 4.78 is 5.18. The monoisotopic (exact) mass is 437 g/mol. The number of carbonyl (C=O) groups is 2. The van der Waals surface area contributed by atoms with Crippen LogP contribution in [-0.4, -0.2) is 40.5 Å². The van der Waals surface area contributed by atoms with Gasteiger partial charge in [0.25, 0.3) is 11.6 Å². The molecule has 31 heavy (non-hydrogen) atoms. The lowest BCUT2D eigenvalue weighted by Crippen LogP contribution is -2.28. The number of rotatable bonds is 6. The number of carbonyl (C=O) groups excluding carboxylic acids is 2. The first-order valence-corrected chi connectivity index (χ1v) is 9.82. The Morgan fingerprint density at radius 3 is 2.68 bits per heavy atom. The van der Waals surface area contributed by atoms with Crippen LogP contribution in [0.5, 0.6) is 5.75 Å². The second-order valence-corrected chi connectivity index (χ2v) is 7.11. The molecule has 0 aromatic heterocycles. The maximum Gasteiger partial charge on any atom is 0.271 e. The lowest BCUT2D eigenvalue weighted by Gasteiger charge is -2.16. The van der Waals surface area contributed by atoms with Gasteiger partial charge in [0.15, 0.2) is 11.1 Å². The zero-order chi connectivity index (χ0) is 22.4. The number of hydrogen-bond donors (Lipinski definition) is 1. The van der Waals surface area contributed by atoms with Gasteiger partial charge < -0.3 is 10.1 Å². The van der Waals surface area contributed by atoms with Crippen molar-refractivity contribution < 1.29 is 19.2 Å². The molecule has 1 atom stereocenters. The Kier molecular flexibility index (Phi) is 6.74. The molecule has 0 bridgehead atoms. The molecule has 11 heteroatoms. The number of amidine groups is 1. The Balaban J connectivity index is 1.71. The smallest absolute Gasteiger partial charge is 0.271 e. The van der Waals surface area contributed by atoms with Gasteiger partial charge in [-0.2, -0.15) is 10.3 Å². The highest BCUT2D eigenvalue weighted by Gasteiger charge is 2.30. The predicted molar refractivity (Wildman–Crippen MR) is 115 cm³/mol. The van der Waals surface area contributed by atoms with Crippen LogP contribution in [0.2, 0.25) is 0 Å². The van der Waals surface area contributed by atoms with E-state index in [1.165, 1.54) is 31.4 Å². The number of aliphatic imine (C=N–C) groups is 2. The standard InChI is InChI=1S/C20H15N5O5S/c1-30-15-4-2-3-12(9-15)18-16(10-21)19(27)24-20(23-18)31-11-17(26)22-13-5-7-14(8-6-13)25(28)29/h2-9,16H,11H2,1H3,(H,22,26). The van der Waals surface area contributed by atoms with Gasteiger partial charge in [-0.25, -0.2) is 4.99 Å². The van der Waals surface area contributed by atoms with Crippen molar-refractivity contribution >= 4 is 45.8 Å². The summed E-state index contributed by atoms with van der Waals surface area (Å²) in [7, 11) is 1.50. The molecule has 2 aromatic rings. The number of methoxy groups -OCH3 is 1. The lowest BCUT2D eigenvalue weighted by molar-refractivity contribution is -0.384. The molecule has 2 aromatic carbocycles. The predicted octanol–water partition coefficient (Wildman–Crippen LogP) is 2.80. The summed E-state index contributed by atoms with van der Waals surface area (Å²) in [6.07, 6.45) is 0. The fraction of sp³-hybridized carbons (Fsp3) is 0.150. The lowest BCUT2D eigenvalue weighted by atomic mass is 9.96. The third-order valence-electron chi connectivity index (χ3n) is 4.13. The number of thioether (sulfide) groups is 1. The number of hydrogen-bond acceptors (Lipinski definition) is 8. The molecule has 1 aliphatic rings. The van der Waals surface area contributed by atoms with E-state index in [9.17, 15) is 25.0 Å². The summed E-state index contributed by atoms with van der Waals surface area (Å²) in [6, 6.07) is 14.1. The van der Waals surface area contributed by atoms with Gasteiger partial charge in [0.1, 0.15) is 5.75 Å². The molecular weight excluding hydrogens is 422 g/mol. The van der Waals surface area contributed by atoms with E-state index in [2.05, 4.69) is 15.3 Å². The first kappa shape index (κ1) is 21.7. The average molecular weight is 437 g/mol. The van der Waals surface area contributed by atoms with E-state index in [-0.39, 0.29) is 22.3 Å². The number of anilines is 1. The average Bonchev–Trinajstić information content (AvgIpc) is 2.77. The number of non-ortho nitro benzene ring substituents is 1. The van der Waals surface area contributed by atoms with Gasteiger partial charge >= 0.3 is 0 Å². The van der Waals surface area contributed by atoms with Crippen LogP contribution in [0.4, 0.5) is 11.4 Å². The molecule has 0 radical (unpaired) electrons. The molecule has 0 saturated carbocycles. The van der Waals surface area contributed by atoms with E-state index in [0.29, 0.717) is 17.0 Å². The van der Waals surface area contributed by atoms with E-state index in [1.54, 1.807) is 24.3 Å². The van der Waals surface area contributed by atoms with Gasteiger partial charge in [0.05, 0.1) is 29.6 Å². The van der Waals surface area contributed by atoms with Gasteiger partial charge in [-0.1, -0.05) is 23.9 Å². The highest BCUT2D eigenvalue weighted by atomic mass is 32.2. The van der Waals surface area contributed by atoms with E-state index in [0.717, 1.165) is 11.8 Å². The molecule has 2 amide bonds. The molecule has 1 N–H and O–H groups in total. The number of amides is 2. The highest BCUT2D eigenvalue weighted by molar-refractivity contribution is 8.14. The van der Waals surface area contributed by atoms with Crippen LogP contribution in [0.15, 0.2) is 58.5 Å². The van der Waals surface area contributed by atoms with Gasteiger partial charge in [0.2, 0.25) is 5.91 Å². The molecule has 3 rings (SSSR count). The van der Waals surface area contributed by atoms with Crippen molar-refractivity contribution in [1.82, 2.24) is 0 Å². The van der Waals surface area contributed by atoms with Crippen molar-refractivity contribution in [3.8, 4) is 11.8 Å². The summed E-state index contributed by atoms with van der Waals surface area (Å²) in [5.74, 6) is -1.77. The Hall–Kier alpha value is -4.04. The maximum absolute atomic E-state index is 12.3. The third kappa shape index (κ3) is 5.31. The van der Waals surface area contributed by atoms with Crippen molar-refractivity contribution in [2.75, 3.05) is 18.2 Å². The van der Waals surface area contributed by atoms with Crippen LogP contribution in [0.1, 0.15) is 5.56 Å².